The van der Waals surface area contributed by atoms with Crippen molar-refractivity contribution in [2.45, 2.75) is 65.0 Å². The van der Waals surface area contributed by atoms with Crippen molar-refractivity contribution < 1.29 is 0 Å². The quantitative estimate of drug-likeness (QED) is 0.680. The highest BCUT2D eigenvalue weighted by atomic mass is 14.9. The largest absolute Gasteiger partial charge is 0.311 e. The maximum absolute atomic E-state index is 3.79. The molecule has 1 unspecified atom stereocenters. The van der Waals surface area contributed by atoms with E-state index in [9.17, 15) is 0 Å². The lowest BCUT2D eigenvalue weighted by Gasteiger charge is -2.32. The van der Waals surface area contributed by atoms with E-state index in [-0.39, 0.29) is 0 Å². The lowest BCUT2D eigenvalue weighted by Crippen LogP contribution is -2.39. The summed E-state index contributed by atoms with van der Waals surface area (Å²) in [5, 5.41) is 3.71. The Labute approximate surface area is 95.3 Å². The van der Waals surface area contributed by atoms with Gasteiger partial charge in [-0.15, -0.1) is 6.58 Å². The van der Waals surface area contributed by atoms with Crippen LogP contribution in [-0.4, -0.2) is 12.1 Å². The van der Waals surface area contributed by atoms with Crippen LogP contribution >= 0.6 is 0 Å². The van der Waals surface area contributed by atoms with E-state index < -0.39 is 0 Å². The number of hydrogen-bond donors (Lipinski definition) is 1. The summed E-state index contributed by atoms with van der Waals surface area (Å²) in [6.07, 6.45) is 8.66. The van der Waals surface area contributed by atoms with Crippen molar-refractivity contribution in [3.63, 3.8) is 0 Å². The molecule has 0 aliphatic heterocycles. The molecule has 0 aromatic heterocycles. The molecule has 1 saturated carbocycles. The first-order valence-corrected chi connectivity index (χ1v) is 6.50. The zero-order chi connectivity index (χ0) is 11.3. The van der Waals surface area contributed by atoms with Crippen molar-refractivity contribution in [2.75, 3.05) is 0 Å². The molecule has 0 aromatic rings. The molecular weight excluding hydrogens is 182 g/mol. The van der Waals surface area contributed by atoms with Crippen molar-refractivity contribution >= 4 is 0 Å². The zero-order valence-electron chi connectivity index (χ0n) is 10.6. The van der Waals surface area contributed by atoms with Crippen molar-refractivity contribution in [3.05, 3.63) is 12.7 Å². The first-order chi connectivity index (χ1) is 7.13. The fourth-order valence-electron chi connectivity index (χ4n) is 2.67. The SMILES string of the molecule is C=CCC(C)NC1CCC(C(C)C)CC1. The van der Waals surface area contributed by atoms with Crippen LogP contribution in [0.3, 0.4) is 0 Å². The van der Waals surface area contributed by atoms with Gasteiger partial charge in [-0.25, -0.2) is 0 Å². The molecule has 1 fully saturated rings. The van der Waals surface area contributed by atoms with Crippen molar-refractivity contribution in [1.82, 2.24) is 5.32 Å². The number of hydrogen-bond acceptors (Lipinski definition) is 1. The van der Waals surface area contributed by atoms with Crippen LogP contribution in [0.2, 0.25) is 0 Å². The van der Waals surface area contributed by atoms with Gasteiger partial charge in [0.15, 0.2) is 0 Å². The lowest BCUT2D eigenvalue weighted by molar-refractivity contribution is 0.230. The van der Waals surface area contributed by atoms with Gasteiger partial charge in [-0.2, -0.15) is 0 Å². The monoisotopic (exact) mass is 209 g/mol. The summed E-state index contributed by atoms with van der Waals surface area (Å²) >= 11 is 0. The Morgan fingerprint density at radius 2 is 1.80 bits per heavy atom. The molecule has 1 aliphatic rings. The van der Waals surface area contributed by atoms with E-state index in [1.165, 1.54) is 25.7 Å². The second-order valence-electron chi connectivity index (χ2n) is 5.45. The summed E-state index contributed by atoms with van der Waals surface area (Å²) in [5.41, 5.74) is 0. The van der Waals surface area contributed by atoms with Crippen LogP contribution in [-0.2, 0) is 0 Å². The number of rotatable bonds is 5. The van der Waals surface area contributed by atoms with Crippen LogP contribution in [0.1, 0.15) is 52.9 Å². The summed E-state index contributed by atoms with van der Waals surface area (Å²) in [6, 6.07) is 1.36. The minimum absolute atomic E-state index is 0.600. The molecule has 0 radical (unpaired) electrons. The minimum Gasteiger partial charge on any atom is -0.311 e. The van der Waals surface area contributed by atoms with E-state index in [1.54, 1.807) is 0 Å². The van der Waals surface area contributed by atoms with Gasteiger partial charge in [-0.05, 0) is 50.9 Å². The minimum atomic E-state index is 0.600. The van der Waals surface area contributed by atoms with Gasteiger partial charge in [0.25, 0.3) is 0 Å². The van der Waals surface area contributed by atoms with E-state index in [0.29, 0.717) is 6.04 Å². The van der Waals surface area contributed by atoms with Gasteiger partial charge in [0.1, 0.15) is 0 Å². The van der Waals surface area contributed by atoms with E-state index in [0.717, 1.165) is 24.3 Å². The van der Waals surface area contributed by atoms with Crippen LogP contribution in [0.25, 0.3) is 0 Å². The molecule has 1 rings (SSSR count). The molecule has 0 aromatic carbocycles. The van der Waals surface area contributed by atoms with E-state index in [1.807, 2.05) is 6.08 Å². The highest BCUT2D eigenvalue weighted by Crippen LogP contribution is 2.30. The smallest absolute Gasteiger partial charge is 0.00757 e. The molecule has 1 atom stereocenters. The van der Waals surface area contributed by atoms with Gasteiger partial charge in [0.2, 0.25) is 0 Å². The Hall–Kier alpha value is -0.300. The Morgan fingerprint density at radius 3 is 2.27 bits per heavy atom. The van der Waals surface area contributed by atoms with Crippen LogP contribution < -0.4 is 5.32 Å². The Balaban J connectivity index is 2.22. The molecule has 0 saturated heterocycles. The molecule has 88 valence electrons. The molecule has 0 heterocycles. The molecule has 1 heteroatoms. The van der Waals surface area contributed by atoms with E-state index in [2.05, 4.69) is 32.7 Å². The summed E-state index contributed by atoms with van der Waals surface area (Å²) in [6.45, 7) is 10.8. The van der Waals surface area contributed by atoms with Gasteiger partial charge >= 0.3 is 0 Å². The fourth-order valence-corrected chi connectivity index (χ4v) is 2.67. The third-order valence-electron chi connectivity index (χ3n) is 3.76. The zero-order valence-corrected chi connectivity index (χ0v) is 10.6. The van der Waals surface area contributed by atoms with Gasteiger partial charge in [-0.1, -0.05) is 19.9 Å². The molecular formula is C14H27N. The molecule has 1 aliphatic carbocycles. The normalized spacial score (nSPS) is 29.1. The standard InChI is InChI=1S/C14H27N/c1-5-6-12(4)15-14-9-7-13(8-10-14)11(2)3/h5,11-15H,1,6-10H2,2-4H3. The average molecular weight is 209 g/mol. The Morgan fingerprint density at radius 1 is 1.20 bits per heavy atom. The van der Waals surface area contributed by atoms with Crippen molar-refractivity contribution in [2.24, 2.45) is 11.8 Å². The van der Waals surface area contributed by atoms with Crippen LogP contribution in [0.15, 0.2) is 12.7 Å². The third kappa shape index (κ3) is 4.38. The third-order valence-corrected chi connectivity index (χ3v) is 3.76. The average Bonchev–Trinajstić information content (AvgIpc) is 2.18. The van der Waals surface area contributed by atoms with Crippen LogP contribution in [0.4, 0.5) is 0 Å². The first kappa shape index (κ1) is 12.8. The van der Waals surface area contributed by atoms with Crippen molar-refractivity contribution in [1.29, 1.82) is 0 Å². The van der Waals surface area contributed by atoms with E-state index in [4.69, 9.17) is 0 Å². The van der Waals surface area contributed by atoms with Gasteiger partial charge in [-0.3, -0.25) is 0 Å². The highest BCUT2D eigenvalue weighted by molar-refractivity contribution is 4.82. The summed E-state index contributed by atoms with van der Waals surface area (Å²) in [4.78, 5) is 0. The molecule has 0 amide bonds. The molecule has 0 spiro atoms. The molecule has 0 bridgehead atoms. The predicted octanol–water partition coefficient (Wildman–Crippen LogP) is 3.76. The van der Waals surface area contributed by atoms with Gasteiger partial charge in [0.05, 0.1) is 0 Å². The second-order valence-corrected chi connectivity index (χ2v) is 5.45. The molecule has 1 nitrogen and oxygen atoms in total. The van der Waals surface area contributed by atoms with Crippen LogP contribution in [0.5, 0.6) is 0 Å². The van der Waals surface area contributed by atoms with Crippen LogP contribution in [0, 0.1) is 11.8 Å². The van der Waals surface area contributed by atoms with Crippen molar-refractivity contribution in [3.8, 4) is 0 Å². The number of nitrogens with one attached hydrogen (secondary N) is 1. The predicted molar refractivity (Wildman–Crippen MR) is 68.0 cm³/mol. The maximum atomic E-state index is 3.79. The topological polar surface area (TPSA) is 12.0 Å². The summed E-state index contributed by atoms with van der Waals surface area (Å²) in [5.74, 6) is 1.84. The fraction of sp³-hybridized carbons (Fsp3) is 0.857. The van der Waals surface area contributed by atoms with Gasteiger partial charge < -0.3 is 5.32 Å². The summed E-state index contributed by atoms with van der Waals surface area (Å²) in [7, 11) is 0. The summed E-state index contributed by atoms with van der Waals surface area (Å²) < 4.78 is 0. The Bertz CT molecular complexity index is 178. The molecule has 15 heavy (non-hydrogen) atoms. The van der Waals surface area contributed by atoms with E-state index >= 15 is 0 Å². The highest BCUT2D eigenvalue weighted by Gasteiger charge is 2.23. The first-order valence-electron chi connectivity index (χ1n) is 6.50. The maximum Gasteiger partial charge on any atom is 0.00757 e. The second kappa shape index (κ2) is 6.32. The Kier molecular flexibility index (Phi) is 5.38. The molecule has 1 N–H and O–H groups in total. The lowest BCUT2D eigenvalue weighted by atomic mass is 9.79. The van der Waals surface area contributed by atoms with Gasteiger partial charge in [0, 0.05) is 12.1 Å².